The van der Waals surface area contributed by atoms with Crippen LogP contribution in [0.2, 0.25) is 0 Å². The number of carbonyl (C=O) groups is 5. The van der Waals surface area contributed by atoms with Gasteiger partial charge in [0, 0.05) is 6.42 Å². The van der Waals surface area contributed by atoms with Gasteiger partial charge >= 0.3 is 11.9 Å². The molecule has 0 radical (unpaired) electrons. The summed E-state index contributed by atoms with van der Waals surface area (Å²) in [6, 6.07) is -4.33. The van der Waals surface area contributed by atoms with Crippen molar-refractivity contribution in [3.8, 4) is 0 Å². The van der Waals surface area contributed by atoms with Gasteiger partial charge in [0.1, 0.15) is 18.1 Å². The second-order valence-corrected chi connectivity index (χ2v) is 9.60. The molecule has 12 nitrogen and oxygen atoms in total. The van der Waals surface area contributed by atoms with Crippen molar-refractivity contribution in [2.45, 2.75) is 96.8 Å². The molecule has 0 bridgehead atoms. The maximum Gasteiger partial charge on any atom is 0.326 e. The average Bonchev–Trinajstić information content (AvgIpc) is 2.74. The summed E-state index contributed by atoms with van der Waals surface area (Å²) in [5.74, 6) is -4.24. The fraction of sp³-hybridized carbons (Fsp3) is 0.783. The van der Waals surface area contributed by atoms with Gasteiger partial charge in [-0.3, -0.25) is 19.2 Å². The first-order chi connectivity index (χ1) is 16.3. The molecule has 12 heteroatoms. The predicted octanol–water partition coefficient (Wildman–Crippen LogP) is -0.0613. The zero-order valence-corrected chi connectivity index (χ0v) is 21.2. The summed E-state index contributed by atoms with van der Waals surface area (Å²) in [5.41, 5.74) is 11.4. The molecule has 0 heterocycles. The highest BCUT2D eigenvalue weighted by molar-refractivity contribution is 5.94. The second kappa shape index (κ2) is 16.8. The summed E-state index contributed by atoms with van der Waals surface area (Å²) in [4.78, 5) is 61.0. The van der Waals surface area contributed by atoms with Crippen LogP contribution in [0.1, 0.15) is 72.6 Å². The highest BCUT2D eigenvalue weighted by Gasteiger charge is 2.30. The van der Waals surface area contributed by atoms with Crippen molar-refractivity contribution in [3.05, 3.63) is 0 Å². The molecule has 4 atom stereocenters. The van der Waals surface area contributed by atoms with Crippen molar-refractivity contribution in [3.63, 3.8) is 0 Å². The van der Waals surface area contributed by atoms with Crippen LogP contribution in [0.25, 0.3) is 0 Å². The van der Waals surface area contributed by atoms with Crippen molar-refractivity contribution >= 4 is 29.7 Å². The molecule has 0 aromatic rings. The van der Waals surface area contributed by atoms with E-state index in [0.29, 0.717) is 25.8 Å². The molecule has 0 aliphatic carbocycles. The van der Waals surface area contributed by atoms with Crippen LogP contribution in [-0.4, -0.2) is 70.6 Å². The first-order valence-corrected chi connectivity index (χ1v) is 12.1. The zero-order valence-electron chi connectivity index (χ0n) is 21.2. The van der Waals surface area contributed by atoms with Crippen LogP contribution in [0.15, 0.2) is 0 Å². The molecule has 0 spiro atoms. The third-order valence-electron chi connectivity index (χ3n) is 5.24. The van der Waals surface area contributed by atoms with Crippen molar-refractivity contribution in [2.75, 3.05) is 6.54 Å². The average molecular weight is 502 g/mol. The molecule has 0 aliphatic heterocycles. The molecule has 0 fully saturated rings. The Balaban J connectivity index is 5.57. The zero-order chi connectivity index (χ0) is 27.1. The summed E-state index contributed by atoms with van der Waals surface area (Å²) in [6.45, 7) is 7.79. The number of unbranched alkanes of at least 4 members (excludes halogenated alkanes) is 1. The van der Waals surface area contributed by atoms with Crippen molar-refractivity contribution in [2.24, 2.45) is 23.3 Å². The largest absolute Gasteiger partial charge is 0.481 e. The number of aliphatic carboxylic acids is 2. The van der Waals surface area contributed by atoms with Gasteiger partial charge in [-0.15, -0.1) is 0 Å². The second-order valence-electron chi connectivity index (χ2n) is 9.60. The fourth-order valence-electron chi connectivity index (χ4n) is 3.43. The Labute approximate surface area is 206 Å². The molecule has 9 N–H and O–H groups in total. The minimum atomic E-state index is -1.23. The first-order valence-electron chi connectivity index (χ1n) is 12.1. The van der Waals surface area contributed by atoms with Gasteiger partial charge in [-0.1, -0.05) is 27.7 Å². The first kappa shape index (κ1) is 32.3. The van der Waals surface area contributed by atoms with Gasteiger partial charge in [-0.05, 0) is 56.9 Å². The van der Waals surface area contributed by atoms with Gasteiger partial charge in [-0.2, -0.15) is 0 Å². The number of carbonyl (C=O) groups excluding carboxylic acids is 3. The van der Waals surface area contributed by atoms with E-state index < -0.39 is 60.2 Å². The number of carboxylic acids is 2. The van der Waals surface area contributed by atoms with E-state index in [1.807, 2.05) is 27.7 Å². The Bertz CT molecular complexity index is 714. The SMILES string of the molecule is CC(C)CC(N)C(=O)NC(CCC(=O)O)C(=O)NC(CCCCN)C(=O)NC(CC(C)C)C(=O)O. The lowest BCUT2D eigenvalue weighted by Crippen LogP contribution is -2.57. The van der Waals surface area contributed by atoms with E-state index in [1.165, 1.54) is 0 Å². The lowest BCUT2D eigenvalue weighted by Gasteiger charge is -2.25. The summed E-state index contributed by atoms with van der Waals surface area (Å²) < 4.78 is 0. The van der Waals surface area contributed by atoms with Crippen LogP contribution in [0.5, 0.6) is 0 Å². The number of hydrogen-bond donors (Lipinski definition) is 7. The molecule has 202 valence electrons. The van der Waals surface area contributed by atoms with Crippen LogP contribution in [0.4, 0.5) is 0 Å². The van der Waals surface area contributed by atoms with Crippen LogP contribution >= 0.6 is 0 Å². The monoisotopic (exact) mass is 501 g/mol. The molecule has 0 aromatic heterocycles. The molecule has 0 aromatic carbocycles. The van der Waals surface area contributed by atoms with Crippen molar-refractivity contribution < 1.29 is 34.2 Å². The highest BCUT2D eigenvalue weighted by Crippen LogP contribution is 2.09. The minimum Gasteiger partial charge on any atom is -0.481 e. The maximum absolute atomic E-state index is 13.0. The lowest BCUT2D eigenvalue weighted by molar-refractivity contribution is -0.142. The number of nitrogens with two attached hydrogens (primary N) is 2. The molecule has 0 saturated heterocycles. The number of hydrogen-bond acceptors (Lipinski definition) is 7. The van der Waals surface area contributed by atoms with Crippen LogP contribution in [0.3, 0.4) is 0 Å². The molecule has 0 rings (SSSR count). The Kier molecular flexibility index (Phi) is 15.5. The molecule has 35 heavy (non-hydrogen) atoms. The van der Waals surface area contributed by atoms with Crippen LogP contribution in [0, 0.1) is 11.8 Å². The molecular formula is C23H43N5O7. The van der Waals surface area contributed by atoms with Crippen LogP contribution < -0.4 is 27.4 Å². The Hall–Kier alpha value is -2.73. The molecule has 4 unspecified atom stereocenters. The van der Waals surface area contributed by atoms with E-state index in [9.17, 15) is 29.1 Å². The number of nitrogens with one attached hydrogen (secondary N) is 3. The molecule has 0 saturated carbocycles. The predicted molar refractivity (Wildman–Crippen MR) is 130 cm³/mol. The van der Waals surface area contributed by atoms with Gasteiger partial charge in [0.15, 0.2) is 0 Å². The Morgan fingerprint density at radius 3 is 1.66 bits per heavy atom. The third kappa shape index (κ3) is 14.3. The Morgan fingerprint density at radius 1 is 0.714 bits per heavy atom. The van der Waals surface area contributed by atoms with Gasteiger partial charge in [0.05, 0.1) is 6.04 Å². The lowest BCUT2D eigenvalue weighted by atomic mass is 10.0. The summed E-state index contributed by atoms with van der Waals surface area (Å²) >= 11 is 0. The quantitative estimate of drug-likeness (QED) is 0.125. The summed E-state index contributed by atoms with van der Waals surface area (Å²) in [7, 11) is 0. The maximum atomic E-state index is 13.0. The van der Waals surface area contributed by atoms with E-state index in [2.05, 4.69) is 16.0 Å². The minimum absolute atomic E-state index is 0.00680. The third-order valence-corrected chi connectivity index (χ3v) is 5.24. The normalized spacial score (nSPS) is 14.6. The van der Waals surface area contributed by atoms with Crippen molar-refractivity contribution in [1.29, 1.82) is 0 Å². The molecule has 3 amide bonds. The van der Waals surface area contributed by atoms with E-state index in [-0.39, 0.29) is 31.1 Å². The van der Waals surface area contributed by atoms with E-state index >= 15 is 0 Å². The fourth-order valence-corrected chi connectivity index (χ4v) is 3.43. The van der Waals surface area contributed by atoms with Gasteiger partial charge in [0.2, 0.25) is 17.7 Å². The van der Waals surface area contributed by atoms with E-state index in [0.717, 1.165) is 0 Å². The Morgan fingerprint density at radius 2 is 1.20 bits per heavy atom. The van der Waals surface area contributed by atoms with Crippen LogP contribution in [-0.2, 0) is 24.0 Å². The molecular weight excluding hydrogens is 458 g/mol. The van der Waals surface area contributed by atoms with Gasteiger partial charge in [-0.25, -0.2) is 4.79 Å². The number of amides is 3. The van der Waals surface area contributed by atoms with Gasteiger partial charge in [0.25, 0.3) is 0 Å². The van der Waals surface area contributed by atoms with E-state index in [1.54, 1.807) is 0 Å². The highest BCUT2D eigenvalue weighted by atomic mass is 16.4. The smallest absolute Gasteiger partial charge is 0.326 e. The number of rotatable bonds is 18. The summed E-state index contributed by atoms with van der Waals surface area (Å²) in [6.07, 6.45) is 1.24. The number of carboxylic acid groups (broad SMARTS) is 2. The van der Waals surface area contributed by atoms with E-state index in [4.69, 9.17) is 16.6 Å². The molecule has 0 aliphatic rings. The van der Waals surface area contributed by atoms with Crippen molar-refractivity contribution in [1.82, 2.24) is 16.0 Å². The topological polar surface area (TPSA) is 214 Å². The summed E-state index contributed by atoms with van der Waals surface area (Å²) in [5, 5.41) is 26.0. The standard InChI is InChI=1S/C23H43N5O7/c1-13(2)11-15(25)20(31)26-17(8-9-19(29)30)22(33)27-16(7-5-6-10-24)21(32)28-18(23(34)35)12-14(3)4/h13-18H,5-12,24-25H2,1-4H3,(H,26,31)(H,27,33)(H,28,32)(H,29,30)(H,34,35). The van der Waals surface area contributed by atoms with Gasteiger partial charge < -0.3 is 37.6 Å².